The Balaban J connectivity index is 1.75. The first-order valence-electron chi connectivity index (χ1n) is 8.50. The van der Waals surface area contributed by atoms with Crippen LogP contribution < -0.4 is 14.2 Å². The zero-order valence-corrected chi connectivity index (χ0v) is 16.0. The van der Waals surface area contributed by atoms with Gasteiger partial charge in [-0.25, -0.2) is 5.01 Å². The highest BCUT2D eigenvalue weighted by Crippen LogP contribution is 2.47. The summed E-state index contributed by atoms with van der Waals surface area (Å²) in [5.74, 6) is 2.26. The molecule has 5 nitrogen and oxygen atoms in total. The normalized spacial score (nSPS) is 20.0. The molecule has 26 heavy (non-hydrogen) atoms. The maximum Gasteiger partial charge on any atom is 0.192 e. The van der Waals surface area contributed by atoms with Crippen molar-refractivity contribution in [1.82, 2.24) is 5.01 Å². The molecule has 2 aromatic rings. The molecule has 0 amide bonds. The molecular formula is C20H21ClN2O3. The van der Waals surface area contributed by atoms with Crippen molar-refractivity contribution in [1.29, 1.82) is 0 Å². The number of halogens is 1. The van der Waals surface area contributed by atoms with Crippen LogP contribution in [0.3, 0.4) is 0 Å². The van der Waals surface area contributed by atoms with Gasteiger partial charge in [0.15, 0.2) is 17.2 Å². The van der Waals surface area contributed by atoms with Crippen molar-refractivity contribution >= 4 is 17.3 Å². The van der Waals surface area contributed by atoms with E-state index in [4.69, 9.17) is 30.9 Å². The molecule has 0 saturated carbocycles. The van der Waals surface area contributed by atoms with E-state index < -0.39 is 5.72 Å². The number of fused-ring (bicyclic) bond motifs is 3. The second-order valence-corrected chi connectivity index (χ2v) is 7.35. The van der Waals surface area contributed by atoms with Gasteiger partial charge >= 0.3 is 0 Å². The van der Waals surface area contributed by atoms with Crippen molar-refractivity contribution in [2.75, 3.05) is 14.2 Å². The van der Waals surface area contributed by atoms with Crippen LogP contribution >= 0.6 is 11.6 Å². The first kappa shape index (κ1) is 17.0. The Morgan fingerprint density at radius 1 is 1.12 bits per heavy atom. The summed E-state index contributed by atoms with van der Waals surface area (Å²) in [4.78, 5) is 0. The summed E-state index contributed by atoms with van der Waals surface area (Å²) in [6.45, 7) is 4.05. The minimum absolute atomic E-state index is 0.0931. The standard InChI is InChI=1S/C20H21ClN2O3/c1-20(2)23-16(14-10-13(21)6-8-17(14)26-20)11-15(22-23)12-5-7-18(24-3)19(9-12)25-4/h5-10,16H,11H2,1-4H3. The highest BCUT2D eigenvalue weighted by molar-refractivity contribution is 6.30. The molecule has 136 valence electrons. The topological polar surface area (TPSA) is 43.3 Å². The molecule has 0 fully saturated rings. The highest BCUT2D eigenvalue weighted by Gasteiger charge is 2.44. The first-order chi connectivity index (χ1) is 12.4. The van der Waals surface area contributed by atoms with E-state index in [1.54, 1.807) is 14.2 Å². The summed E-state index contributed by atoms with van der Waals surface area (Å²) in [5.41, 5.74) is 2.53. The fraction of sp³-hybridized carbons (Fsp3) is 0.350. The first-order valence-corrected chi connectivity index (χ1v) is 8.88. The lowest BCUT2D eigenvalue weighted by molar-refractivity contribution is -0.0911. The van der Waals surface area contributed by atoms with Gasteiger partial charge in [0, 0.05) is 22.6 Å². The molecule has 6 heteroatoms. The maximum absolute atomic E-state index is 6.22. The Kier molecular flexibility index (Phi) is 3.99. The summed E-state index contributed by atoms with van der Waals surface area (Å²) in [5, 5.41) is 7.60. The molecule has 2 aliphatic rings. The van der Waals surface area contributed by atoms with Gasteiger partial charge in [-0.1, -0.05) is 11.6 Å². The molecule has 0 saturated heterocycles. The van der Waals surface area contributed by atoms with Crippen LogP contribution in [-0.2, 0) is 0 Å². The molecule has 2 heterocycles. The second-order valence-electron chi connectivity index (χ2n) is 6.91. The van der Waals surface area contributed by atoms with Gasteiger partial charge in [0.25, 0.3) is 0 Å². The summed E-state index contributed by atoms with van der Waals surface area (Å²) >= 11 is 6.22. The van der Waals surface area contributed by atoms with E-state index in [1.807, 2.05) is 55.3 Å². The summed E-state index contributed by atoms with van der Waals surface area (Å²) in [7, 11) is 3.27. The molecular weight excluding hydrogens is 352 g/mol. The van der Waals surface area contributed by atoms with Gasteiger partial charge in [0.2, 0.25) is 0 Å². The van der Waals surface area contributed by atoms with Crippen molar-refractivity contribution in [3.63, 3.8) is 0 Å². The van der Waals surface area contributed by atoms with Crippen molar-refractivity contribution in [2.45, 2.75) is 32.0 Å². The predicted octanol–water partition coefficient (Wildman–Crippen LogP) is 4.64. The smallest absolute Gasteiger partial charge is 0.192 e. The Labute approximate surface area is 158 Å². The molecule has 0 N–H and O–H groups in total. The molecule has 4 rings (SSSR count). The monoisotopic (exact) mass is 372 g/mol. The highest BCUT2D eigenvalue weighted by atomic mass is 35.5. The van der Waals surface area contributed by atoms with Crippen LogP contribution in [0.4, 0.5) is 0 Å². The number of hydrazone groups is 1. The zero-order chi connectivity index (χ0) is 18.5. The number of hydrogen-bond donors (Lipinski definition) is 0. The van der Waals surface area contributed by atoms with Crippen LogP contribution in [0.25, 0.3) is 0 Å². The molecule has 1 unspecified atom stereocenters. The number of hydrogen-bond acceptors (Lipinski definition) is 5. The minimum Gasteiger partial charge on any atom is -0.493 e. The fourth-order valence-electron chi connectivity index (χ4n) is 3.63. The number of ether oxygens (including phenoxy) is 3. The lowest BCUT2D eigenvalue weighted by Gasteiger charge is -2.43. The number of benzene rings is 2. The zero-order valence-electron chi connectivity index (χ0n) is 15.2. The predicted molar refractivity (Wildman–Crippen MR) is 101 cm³/mol. The largest absolute Gasteiger partial charge is 0.493 e. The van der Waals surface area contributed by atoms with Gasteiger partial charge in [-0.2, -0.15) is 5.10 Å². The second kappa shape index (κ2) is 6.09. The molecule has 0 aliphatic carbocycles. The number of methoxy groups -OCH3 is 2. The van der Waals surface area contributed by atoms with Gasteiger partial charge in [-0.05, 0) is 50.2 Å². The van der Waals surface area contributed by atoms with E-state index in [0.29, 0.717) is 16.5 Å². The summed E-state index contributed by atoms with van der Waals surface area (Å²) in [6.07, 6.45) is 0.773. The van der Waals surface area contributed by atoms with Crippen LogP contribution in [-0.4, -0.2) is 30.7 Å². The molecule has 0 bridgehead atoms. The van der Waals surface area contributed by atoms with Gasteiger partial charge in [0.05, 0.1) is 26.0 Å². The van der Waals surface area contributed by atoms with Crippen LogP contribution in [0.15, 0.2) is 41.5 Å². The van der Waals surface area contributed by atoms with Crippen molar-refractivity contribution in [3.05, 3.63) is 52.5 Å². The van der Waals surface area contributed by atoms with Gasteiger partial charge in [0.1, 0.15) is 5.75 Å². The van der Waals surface area contributed by atoms with Gasteiger partial charge in [-0.3, -0.25) is 0 Å². The average Bonchev–Trinajstić information content (AvgIpc) is 3.08. The van der Waals surface area contributed by atoms with E-state index in [0.717, 1.165) is 29.0 Å². The van der Waals surface area contributed by atoms with E-state index in [1.165, 1.54) is 0 Å². The van der Waals surface area contributed by atoms with Gasteiger partial charge in [-0.15, -0.1) is 0 Å². The quantitative estimate of drug-likeness (QED) is 0.787. The Morgan fingerprint density at radius 2 is 1.88 bits per heavy atom. The number of nitrogens with zero attached hydrogens (tertiary/aromatic N) is 2. The molecule has 2 aliphatic heterocycles. The maximum atomic E-state index is 6.22. The third kappa shape index (κ3) is 2.67. The van der Waals surface area contributed by atoms with E-state index in [-0.39, 0.29) is 6.04 Å². The number of rotatable bonds is 3. The molecule has 0 aromatic heterocycles. The van der Waals surface area contributed by atoms with Crippen molar-refractivity contribution in [2.24, 2.45) is 5.10 Å². The Bertz CT molecular complexity index is 895. The molecule has 0 radical (unpaired) electrons. The Morgan fingerprint density at radius 3 is 2.62 bits per heavy atom. The van der Waals surface area contributed by atoms with Crippen molar-refractivity contribution in [3.8, 4) is 17.2 Å². The van der Waals surface area contributed by atoms with Crippen molar-refractivity contribution < 1.29 is 14.2 Å². The minimum atomic E-state index is -0.538. The van der Waals surface area contributed by atoms with Crippen LogP contribution in [0, 0.1) is 0 Å². The van der Waals surface area contributed by atoms with E-state index in [2.05, 4.69) is 0 Å². The summed E-state index contributed by atoms with van der Waals surface area (Å²) in [6, 6.07) is 11.7. The third-order valence-corrected chi connectivity index (χ3v) is 5.10. The Hall–Kier alpha value is -2.40. The average molecular weight is 373 g/mol. The fourth-order valence-corrected chi connectivity index (χ4v) is 3.81. The molecule has 2 aromatic carbocycles. The SMILES string of the molecule is COc1ccc(C2=NN3C(C2)c2cc(Cl)ccc2OC3(C)C)cc1OC. The lowest BCUT2D eigenvalue weighted by Crippen LogP contribution is -2.48. The summed E-state index contributed by atoms with van der Waals surface area (Å²) < 4.78 is 16.9. The van der Waals surface area contributed by atoms with Crippen LogP contribution in [0.2, 0.25) is 5.02 Å². The lowest BCUT2D eigenvalue weighted by atomic mass is 9.95. The van der Waals surface area contributed by atoms with Crippen LogP contribution in [0.1, 0.15) is 37.4 Å². The molecule has 1 atom stereocenters. The third-order valence-electron chi connectivity index (χ3n) is 4.87. The van der Waals surface area contributed by atoms with E-state index >= 15 is 0 Å². The van der Waals surface area contributed by atoms with Gasteiger partial charge < -0.3 is 14.2 Å². The van der Waals surface area contributed by atoms with Crippen LogP contribution in [0.5, 0.6) is 17.2 Å². The molecule has 0 spiro atoms. The van der Waals surface area contributed by atoms with E-state index in [9.17, 15) is 0 Å².